The van der Waals surface area contributed by atoms with Gasteiger partial charge in [0.05, 0.1) is 0 Å². The minimum Gasteiger partial charge on any atom is -0.486 e. The third-order valence-corrected chi connectivity index (χ3v) is 7.40. The van der Waals surface area contributed by atoms with Crippen LogP contribution in [0.4, 0.5) is 0 Å². The number of fused-ring (bicyclic) bond motifs is 1. The standard InChI is InChI=1S/C29H29N3O3S/c1-19-10-14-23(15-11-19)35-17-27-30-26(18-36-27)29(34)32-25-9-5-4-8-24(25)31-28(33)22-13-12-20-6-2-3-7-21(20)16-22/h2-3,6-7,10-16,18,24-25H,4-5,8-9,17H2,1H3,(H,31,33)(H,32,34)/t24-,25+/m0/s1. The van der Waals surface area contributed by atoms with E-state index in [0.29, 0.717) is 17.9 Å². The molecule has 5 rings (SSSR count). The number of nitrogens with one attached hydrogen (secondary N) is 2. The van der Waals surface area contributed by atoms with E-state index in [2.05, 4.69) is 15.6 Å². The van der Waals surface area contributed by atoms with Crippen LogP contribution < -0.4 is 15.4 Å². The third kappa shape index (κ3) is 5.74. The van der Waals surface area contributed by atoms with Crippen molar-refractivity contribution in [1.29, 1.82) is 0 Å². The fourth-order valence-electron chi connectivity index (χ4n) is 4.56. The summed E-state index contributed by atoms with van der Waals surface area (Å²) in [7, 11) is 0. The Kier molecular flexibility index (Phi) is 7.28. The number of aryl methyl sites for hydroxylation is 1. The van der Waals surface area contributed by atoms with Crippen LogP contribution in [0.1, 0.15) is 57.1 Å². The van der Waals surface area contributed by atoms with E-state index in [1.165, 1.54) is 16.9 Å². The van der Waals surface area contributed by atoms with E-state index in [-0.39, 0.29) is 23.9 Å². The molecule has 1 heterocycles. The normalized spacial score (nSPS) is 17.5. The Morgan fingerprint density at radius 3 is 2.36 bits per heavy atom. The fraction of sp³-hybridized carbons (Fsp3) is 0.276. The van der Waals surface area contributed by atoms with Gasteiger partial charge < -0.3 is 15.4 Å². The molecular weight excluding hydrogens is 470 g/mol. The third-order valence-electron chi connectivity index (χ3n) is 6.58. The molecule has 0 aliphatic heterocycles. The van der Waals surface area contributed by atoms with Crippen LogP contribution in [0.5, 0.6) is 5.75 Å². The predicted molar refractivity (Wildman–Crippen MR) is 143 cm³/mol. The molecule has 3 aromatic carbocycles. The highest BCUT2D eigenvalue weighted by molar-refractivity contribution is 7.09. The van der Waals surface area contributed by atoms with Gasteiger partial charge in [-0.3, -0.25) is 9.59 Å². The van der Waals surface area contributed by atoms with Gasteiger partial charge >= 0.3 is 0 Å². The van der Waals surface area contributed by atoms with Gasteiger partial charge in [0.2, 0.25) is 0 Å². The summed E-state index contributed by atoms with van der Waals surface area (Å²) in [5.74, 6) is 0.440. The van der Waals surface area contributed by atoms with Crippen LogP contribution in [0.3, 0.4) is 0 Å². The van der Waals surface area contributed by atoms with Gasteiger partial charge in [0.25, 0.3) is 11.8 Å². The zero-order valence-corrected chi connectivity index (χ0v) is 21.0. The Hall–Kier alpha value is -3.71. The smallest absolute Gasteiger partial charge is 0.271 e. The second-order valence-corrected chi connectivity index (χ2v) is 10.2. The predicted octanol–water partition coefficient (Wildman–Crippen LogP) is 5.65. The molecule has 1 saturated carbocycles. The minimum atomic E-state index is -0.218. The average Bonchev–Trinajstić information content (AvgIpc) is 3.38. The maximum absolute atomic E-state index is 13.0. The number of hydrogen-bond acceptors (Lipinski definition) is 5. The first-order chi connectivity index (χ1) is 17.5. The van der Waals surface area contributed by atoms with Crippen molar-refractivity contribution in [2.24, 2.45) is 0 Å². The summed E-state index contributed by atoms with van der Waals surface area (Å²) in [6, 6.07) is 21.3. The number of carbonyl (C=O) groups is 2. The van der Waals surface area contributed by atoms with E-state index in [9.17, 15) is 9.59 Å². The molecule has 1 aliphatic rings. The van der Waals surface area contributed by atoms with Crippen LogP contribution in [-0.2, 0) is 6.61 Å². The van der Waals surface area contributed by atoms with Crippen LogP contribution in [-0.4, -0.2) is 28.9 Å². The topological polar surface area (TPSA) is 80.3 Å². The lowest BCUT2D eigenvalue weighted by Gasteiger charge is -2.32. The zero-order valence-electron chi connectivity index (χ0n) is 20.2. The molecule has 4 aromatic rings. The second-order valence-electron chi connectivity index (χ2n) is 9.23. The van der Waals surface area contributed by atoms with Crippen LogP contribution in [0.25, 0.3) is 10.8 Å². The summed E-state index contributed by atoms with van der Waals surface area (Å²) in [4.78, 5) is 30.5. The van der Waals surface area contributed by atoms with Crippen LogP contribution in [0.2, 0.25) is 0 Å². The number of thiazole rings is 1. The summed E-state index contributed by atoms with van der Waals surface area (Å²) < 4.78 is 5.79. The molecule has 0 unspecified atom stereocenters. The summed E-state index contributed by atoms with van der Waals surface area (Å²) in [5, 5.41) is 10.9. The summed E-state index contributed by atoms with van der Waals surface area (Å²) >= 11 is 1.41. The molecule has 1 aromatic heterocycles. The first-order valence-corrected chi connectivity index (χ1v) is 13.2. The molecule has 0 saturated heterocycles. The van der Waals surface area contributed by atoms with Gasteiger partial charge in [-0.15, -0.1) is 11.3 Å². The number of ether oxygens (including phenoxy) is 1. The van der Waals surface area contributed by atoms with Crippen molar-refractivity contribution in [3.05, 3.63) is 93.9 Å². The molecule has 2 N–H and O–H groups in total. The van der Waals surface area contributed by atoms with Gasteiger partial charge in [-0.1, -0.05) is 60.9 Å². The molecule has 2 atom stereocenters. The quantitative estimate of drug-likeness (QED) is 0.344. The molecule has 1 fully saturated rings. The van der Waals surface area contributed by atoms with Crippen molar-refractivity contribution in [3.8, 4) is 5.75 Å². The SMILES string of the molecule is Cc1ccc(OCc2nc(C(=O)N[C@@H]3CCCC[C@@H]3NC(=O)c3ccc4ccccc4c3)cs2)cc1. The molecule has 36 heavy (non-hydrogen) atoms. The molecule has 7 heteroatoms. The Labute approximate surface area is 214 Å². The highest BCUT2D eigenvalue weighted by atomic mass is 32.1. The van der Waals surface area contributed by atoms with Gasteiger partial charge in [0.15, 0.2) is 0 Å². The molecule has 0 spiro atoms. The van der Waals surface area contributed by atoms with Gasteiger partial charge in [-0.2, -0.15) is 0 Å². The number of carbonyl (C=O) groups excluding carboxylic acids is 2. The van der Waals surface area contributed by atoms with Gasteiger partial charge in [0, 0.05) is 23.0 Å². The maximum atomic E-state index is 13.0. The molecular formula is C29H29N3O3S. The highest BCUT2D eigenvalue weighted by Crippen LogP contribution is 2.22. The monoisotopic (exact) mass is 499 g/mol. The van der Waals surface area contributed by atoms with E-state index in [1.54, 1.807) is 5.38 Å². The van der Waals surface area contributed by atoms with Crippen LogP contribution in [0, 0.1) is 6.92 Å². The van der Waals surface area contributed by atoms with Gasteiger partial charge in [-0.05, 0) is 54.8 Å². The number of benzene rings is 3. The number of amides is 2. The number of aromatic nitrogens is 1. The Morgan fingerprint density at radius 2 is 1.61 bits per heavy atom. The molecule has 6 nitrogen and oxygen atoms in total. The lowest BCUT2D eigenvalue weighted by molar-refractivity contribution is 0.0860. The van der Waals surface area contributed by atoms with E-state index >= 15 is 0 Å². The Balaban J connectivity index is 1.19. The van der Waals surface area contributed by atoms with Crippen molar-refractivity contribution in [2.45, 2.75) is 51.3 Å². The first-order valence-electron chi connectivity index (χ1n) is 12.3. The summed E-state index contributed by atoms with van der Waals surface area (Å²) in [5.41, 5.74) is 2.18. The Bertz CT molecular complexity index is 1370. The van der Waals surface area contributed by atoms with E-state index in [4.69, 9.17) is 4.74 Å². The van der Waals surface area contributed by atoms with Gasteiger partial charge in [0.1, 0.15) is 23.1 Å². The summed E-state index contributed by atoms with van der Waals surface area (Å²) in [6.07, 6.45) is 3.69. The lowest BCUT2D eigenvalue weighted by Crippen LogP contribution is -2.53. The van der Waals surface area contributed by atoms with Crippen LogP contribution in [0.15, 0.2) is 72.1 Å². The molecule has 184 valence electrons. The van der Waals surface area contributed by atoms with Crippen molar-refractivity contribution in [2.75, 3.05) is 0 Å². The fourth-order valence-corrected chi connectivity index (χ4v) is 5.25. The average molecular weight is 500 g/mol. The zero-order chi connectivity index (χ0) is 24.9. The lowest BCUT2D eigenvalue weighted by atomic mass is 9.90. The maximum Gasteiger partial charge on any atom is 0.271 e. The van der Waals surface area contributed by atoms with Crippen molar-refractivity contribution in [3.63, 3.8) is 0 Å². The highest BCUT2D eigenvalue weighted by Gasteiger charge is 2.29. The Morgan fingerprint density at radius 1 is 0.917 bits per heavy atom. The van der Waals surface area contributed by atoms with Crippen molar-refractivity contribution >= 4 is 33.9 Å². The van der Waals surface area contributed by atoms with Crippen molar-refractivity contribution in [1.82, 2.24) is 15.6 Å². The molecule has 0 radical (unpaired) electrons. The first kappa shape index (κ1) is 24.0. The number of nitrogens with zero attached hydrogens (tertiary/aromatic N) is 1. The number of hydrogen-bond donors (Lipinski definition) is 2. The molecule has 0 bridgehead atoms. The summed E-state index contributed by atoms with van der Waals surface area (Å²) in [6.45, 7) is 2.34. The van der Waals surface area contributed by atoms with E-state index in [0.717, 1.165) is 47.2 Å². The van der Waals surface area contributed by atoms with E-state index in [1.807, 2.05) is 73.7 Å². The van der Waals surface area contributed by atoms with E-state index < -0.39 is 0 Å². The molecule has 2 amide bonds. The second kappa shape index (κ2) is 10.9. The molecule has 1 aliphatic carbocycles. The van der Waals surface area contributed by atoms with Gasteiger partial charge in [-0.25, -0.2) is 4.98 Å². The van der Waals surface area contributed by atoms with Crippen LogP contribution >= 0.6 is 11.3 Å². The number of rotatable bonds is 7. The largest absolute Gasteiger partial charge is 0.486 e. The van der Waals surface area contributed by atoms with Crippen molar-refractivity contribution < 1.29 is 14.3 Å². The minimum absolute atomic E-state index is 0.115.